The molecule has 6 nitrogen and oxygen atoms in total. The van der Waals surface area contributed by atoms with Crippen LogP contribution in [0.4, 0.5) is 0 Å². The zero-order chi connectivity index (χ0) is 15.0. The summed E-state index contributed by atoms with van der Waals surface area (Å²) in [7, 11) is 1.56. The van der Waals surface area contributed by atoms with Crippen molar-refractivity contribution in [2.24, 2.45) is 0 Å². The van der Waals surface area contributed by atoms with Crippen molar-refractivity contribution in [3.63, 3.8) is 0 Å². The molecular formula is C12H21ClN4O2S. The Morgan fingerprint density at radius 3 is 2.30 bits per heavy atom. The van der Waals surface area contributed by atoms with E-state index in [4.69, 9.17) is 10.7 Å². The van der Waals surface area contributed by atoms with E-state index < -0.39 is 14.6 Å². The lowest BCUT2D eigenvalue weighted by atomic mass is 10.1. The van der Waals surface area contributed by atoms with Gasteiger partial charge in [-0.2, -0.15) is 0 Å². The van der Waals surface area contributed by atoms with Crippen LogP contribution >= 0.6 is 10.7 Å². The van der Waals surface area contributed by atoms with Crippen molar-refractivity contribution in [3.05, 3.63) is 5.82 Å². The summed E-state index contributed by atoms with van der Waals surface area (Å²) in [5, 5.41) is 7.64. The molecule has 0 saturated carbocycles. The lowest BCUT2D eigenvalue weighted by Gasteiger charge is -2.24. The molecule has 2 heterocycles. The van der Waals surface area contributed by atoms with Crippen molar-refractivity contribution in [1.82, 2.24) is 19.7 Å². The average molecular weight is 321 g/mol. The Balaban J connectivity index is 2.26. The van der Waals surface area contributed by atoms with E-state index in [1.165, 1.54) is 12.8 Å². The summed E-state index contributed by atoms with van der Waals surface area (Å²) < 4.78 is 24.8. The molecule has 0 radical (unpaired) electrons. The molecule has 0 unspecified atom stereocenters. The van der Waals surface area contributed by atoms with Crippen molar-refractivity contribution >= 4 is 19.7 Å². The van der Waals surface area contributed by atoms with Crippen molar-refractivity contribution < 1.29 is 8.42 Å². The van der Waals surface area contributed by atoms with Crippen LogP contribution < -0.4 is 0 Å². The minimum atomic E-state index is -3.89. The summed E-state index contributed by atoms with van der Waals surface area (Å²) in [6, 6.07) is 0. The third kappa shape index (κ3) is 3.51. The zero-order valence-electron chi connectivity index (χ0n) is 12.1. The summed E-state index contributed by atoms with van der Waals surface area (Å²) >= 11 is 0. The molecule has 1 aromatic rings. The van der Waals surface area contributed by atoms with Crippen LogP contribution in [0, 0.1) is 0 Å². The molecule has 1 saturated heterocycles. The summed E-state index contributed by atoms with van der Waals surface area (Å²) in [6.07, 6.45) is 3.14. The first-order valence-corrected chi connectivity index (χ1v) is 9.12. The van der Waals surface area contributed by atoms with Crippen LogP contribution in [0.25, 0.3) is 0 Å². The van der Waals surface area contributed by atoms with Gasteiger partial charge >= 0.3 is 0 Å². The van der Waals surface area contributed by atoms with E-state index in [9.17, 15) is 8.42 Å². The summed E-state index contributed by atoms with van der Waals surface area (Å²) in [6.45, 7) is 8.83. The fourth-order valence-corrected chi connectivity index (χ4v) is 3.59. The number of halogens is 1. The van der Waals surface area contributed by atoms with Gasteiger partial charge in [0.2, 0.25) is 0 Å². The minimum Gasteiger partial charge on any atom is -0.303 e. The molecular weight excluding hydrogens is 300 g/mol. The maximum atomic E-state index is 11.6. The number of hydrogen-bond acceptors (Lipinski definition) is 5. The molecule has 1 aliphatic heterocycles. The molecule has 1 aromatic heterocycles. The zero-order valence-corrected chi connectivity index (χ0v) is 13.7. The fraction of sp³-hybridized carbons (Fsp3) is 0.833. The fourth-order valence-electron chi connectivity index (χ4n) is 2.56. The van der Waals surface area contributed by atoms with Gasteiger partial charge < -0.3 is 4.90 Å². The van der Waals surface area contributed by atoms with Gasteiger partial charge in [0.05, 0.1) is 0 Å². The molecule has 0 spiro atoms. The van der Waals surface area contributed by atoms with Crippen LogP contribution in [0.15, 0.2) is 5.16 Å². The van der Waals surface area contributed by atoms with E-state index in [0.717, 1.165) is 19.6 Å². The van der Waals surface area contributed by atoms with Gasteiger partial charge in [-0.25, -0.2) is 8.42 Å². The third-order valence-electron chi connectivity index (χ3n) is 3.44. The van der Waals surface area contributed by atoms with Crippen molar-refractivity contribution in [1.29, 1.82) is 0 Å². The standard InChI is InChI=1S/C12H21ClN4O2S/c1-12(2,3)17-10(6-9-16-7-4-5-8-16)14-15-11(17)20(13,18)19/h4-9H2,1-3H3. The lowest BCUT2D eigenvalue weighted by molar-refractivity contribution is 0.318. The van der Waals surface area contributed by atoms with Gasteiger partial charge in [0.15, 0.2) is 0 Å². The molecule has 2 rings (SSSR count). The number of nitrogens with zero attached hydrogens (tertiary/aromatic N) is 4. The van der Waals surface area contributed by atoms with E-state index in [-0.39, 0.29) is 5.16 Å². The van der Waals surface area contributed by atoms with E-state index in [1.807, 2.05) is 20.8 Å². The average Bonchev–Trinajstić information content (AvgIpc) is 2.93. The van der Waals surface area contributed by atoms with Gasteiger partial charge in [0.25, 0.3) is 14.2 Å². The molecule has 1 fully saturated rings. The van der Waals surface area contributed by atoms with Gasteiger partial charge in [0, 0.05) is 29.2 Å². The number of rotatable bonds is 4. The first kappa shape index (κ1) is 15.7. The van der Waals surface area contributed by atoms with Gasteiger partial charge in [0.1, 0.15) is 5.82 Å². The van der Waals surface area contributed by atoms with Crippen molar-refractivity contribution in [2.45, 2.75) is 50.7 Å². The SMILES string of the molecule is CC(C)(C)n1c(CCN2CCCC2)nnc1S(=O)(=O)Cl. The molecule has 20 heavy (non-hydrogen) atoms. The van der Waals surface area contributed by atoms with Crippen molar-refractivity contribution in [2.75, 3.05) is 19.6 Å². The lowest BCUT2D eigenvalue weighted by Crippen LogP contribution is -2.29. The Bertz CT molecular complexity index is 571. The van der Waals surface area contributed by atoms with Crippen LogP contribution in [0.1, 0.15) is 39.4 Å². The Morgan fingerprint density at radius 2 is 1.80 bits per heavy atom. The molecule has 0 N–H and O–H groups in total. The third-order valence-corrected chi connectivity index (χ3v) is 4.55. The van der Waals surface area contributed by atoms with Crippen LogP contribution in [0.5, 0.6) is 0 Å². The van der Waals surface area contributed by atoms with Crippen molar-refractivity contribution in [3.8, 4) is 0 Å². The maximum absolute atomic E-state index is 11.6. The molecule has 8 heteroatoms. The Kier molecular flexibility index (Phi) is 4.41. The quantitative estimate of drug-likeness (QED) is 0.788. The summed E-state index contributed by atoms with van der Waals surface area (Å²) in [5.41, 5.74) is -0.429. The van der Waals surface area contributed by atoms with E-state index in [1.54, 1.807) is 4.57 Å². The number of hydrogen-bond donors (Lipinski definition) is 0. The molecule has 0 aromatic carbocycles. The molecule has 0 amide bonds. The highest BCUT2D eigenvalue weighted by Crippen LogP contribution is 2.24. The Labute approximate surface area is 124 Å². The van der Waals surface area contributed by atoms with Crippen LogP contribution in [-0.4, -0.2) is 47.7 Å². The largest absolute Gasteiger partial charge is 0.303 e. The Hall–Kier alpha value is -0.660. The highest BCUT2D eigenvalue weighted by Gasteiger charge is 2.29. The Morgan fingerprint density at radius 1 is 1.20 bits per heavy atom. The molecule has 1 aliphatic rings. The molecule has 0 atom stereocenters. The predicted octanol–water partition coefficient (Wildman–Crippen LogP) is 1.60. The van der Waals surface area contributed by atoms with Gasteiger partial charge in [-0.05, 0) is 46.7 Å². The van der Waals surface area contributed by atoms with Gasteiger partial charge in [-0.15, -0.1) is 10.2 Å². The summed E-state index contributed by atoms with van der Waals surface area (Å²) in [4.78, 5) is 2.36. The first-order valence-electron chi connectivity index (χ1n) is 6.81. The second kappa shape index (κ2) is 5.61. The smallest absolute Gasteiger partial charge is 0.296 e. The van der Waals surface area contributed by atoms with Crippen LogP contribution in [0.2, 0.25) is 0 Å². The number of likely N-dealkylation sites (tertiary alicyclic amines) is 1. The first-order chi connectivity index (χ1) is 9.19. The number of aromatic nitrogens is 3. The van der Waals surface area contributed by atoms with E-state index >= 15 is 0 Å². The monoisotopic (exact) mass is 320 g/mol. The molecule has 0 aliphatic carbocycles. The van der Waals surface area contributed by atoms with Gasteiger partial charge in [-0.3, -0.25) is 4.57 Å². The van der Waals surface area contributed by atoms with Crippen LogP contribution in [0.3, 0.4) is 0 Å². The second-order valence-corrected chi connectivity index (χ2v) is 8.60. The normalized spacial score (nSPS) is 17.8. The highest BCUT2D eigenvalue weighted by molar-refractivity contribution is 8.13. The van der Waals surface area contributed by atoms with E-state index in [2.05, 4.69) is 15.1 Å². The molecule has 114 valence electrons. The van der Waals surface area contributed by atoms with Crippen LogP contribution in [-0.2, 0) is 21.0 Å². The van der Waals surface area contributed by atoms with E-state index in [0.29, 0.717) is 12.2 Å². The predicted molar refractivity (Wildman–Crippen MR) is 77.4 cm³/mol. The van der Waals surface area contributed by atoms with Gasteiger partial charge in [-0.1, -0.05) is 0 Å². The minimum absolute atomic E-state index is 0.164. The highest BCUT2D eigenvalue weighted by atomic mass is 35.7. The maximum Gasteiger partial charge on any atom is 0.296 e. The topological polar surface area (TPSA) is 68.1 Å². The molecule has 0 bridgehead atoms. The second-order valence-electron chi connectivity index (χ2n) is 6.14. The summed E-state index contributed by atoms with van der Waals surface area (Å²) in [5.74, 6) is 0.670.